The Hall–Kier alpha value is -1.72. The molecule has 5 heteroatoms. The molecule has 2 aromatic rings. The molecule has 2 rings (SSSR count). The van der Waals surface area contributed by atoms with Crippen LogP contribution in [-0.2, 0) is 0 Å². The highest BCUT2D eigenvalue weighted by molar-refractivity contribution is 5.32. The Labute approximate surface area is 113 Å². The van der Waals surface area contributed by atoms with Crippen molar-refractivity contribution in [3.05, 3.63) is 42.2 Å². The van der Waals surface area contributed by atoms with Gasteiger partial charge in [0.2, 0.25) is 0 Å². The zero-order valence-corrected chi connectivity index (χ0v) is 11.5. The van der Waals surface area contributed by atoms with Gasteiger partial charge in [0.25, 0.3) is 0 Å². The summed E-state index contributed by atoms with van der Waals surface area (Å²) in [5, 5.41) is 8.18. The molecule has 5 nitrogen and oxygen atoms in total. The largest absolute Gasteiger partial charge is 0.271 e. The Bertz CT molecular complexity index is 494. The molecule has 1 aromatic carbocycles. The van der Waals surface area contributed by atoms with E-state index in [0.717, 1.165) is 24.2 Å². The van der Waals surface area contributed by atoms with E-state index in [-0.39, 0.29) is 6.04 Å². The maximum absolute atomic E-state index is 5.70. The van der Waals surface area contributed by atoms with E-state index >= 15 is 0 Å². The Morgan fingerprint density at radius 2 is 2.05 bits per heavy atom. The highest BCUT2D eigenvalue weighted by Crippen LogP contribution is 2.23. The third-order valence-corrected chi connectivity index (χ3v) is 3.47. The molecule has 0 spiro atoms. The number of aromatic nitrogens is 3. The van der Waals surface area contributed by atoms with Gasteiger partial charge in [-0.1, -0.05) is 43.7 Å². The van der Waals surface area contributed by atoms with E-state index in [1.165, 1.54) is 0 Å². The maximum atomic E-state index is 5.70. The smallest absolute Gasteiger partial charge is 0.0828 e. The summed E-state index contributed by atoms with van der Waals surface area (Å²) in [6.07, 6.45) is 3.87. The van der Waals surface area contributed by atoms with Crippen LogP contribution in [0.5, 0.6) is 0 Å². The molecular weight excluding hydrogens is 238 g/mol. The summed E-state index contributed by atoms with van der Waals surface area (Å²) in [5.41, 5.74) is 4.87. The molecule has 0 saturated carbocycles. The maximum Gasteiger partial charge on any atom is 0.0828 e. The fourth-order valence-corrected chi connectivity index (χ4v) is 2.09. The first-order valence-electron chi connectivity index (χ1n) is 6.68. The quantitative estimate of drug-likeness (QED) is 0.616. The molecule has 0 bridgehead atoms. The van der Waals surface area contributed by atoms with Gasteiger partial charge in [-0.25, -0.2) is 4.68 Å². The molecule has 0 fully saturated rings. The van der Waals surface area contributed by atoms with Gasteiger partial charge in [0.05, 0.1) is 23.6 Å². The van der Waals surface area contributed by atoms with E-state index in [1.54, 1.807) is 6.20 Å². The summed E-state index contributed by atoms with van der Waals surface area (Å²) < 4.78 is 1.84. The highest BCUT2D eigenvalue weighted by atomic mass is 15.4. The number of hydrogen-bond acceptors (Lipinski definition) is 4. The second-order valence-electron chi connectivity index (χ2n) is 4.87. The summed E-state index contributed by atoms with van der Waals surface area (Å²) >= 11 is 0. The minimum absolute atomic E-state index is 0.0603. The summed E-state index contributed by atoms with van der Waals surface area (Å²) in [7, 11) is 0. The van der Waals surface area contributed by atoms with Gasteiger partial charge in [0.15, 0.2) is 0 Å². The van der Waals surface area contributed by atoms with E-state index in [2.05, 4.69) is 29.6 Å². The fourth-order valence-electron chi connectivity index (χ4n) is 2.09. The van der Waals surface area contributed by atoms with E-state index in [0.29, 0.717) is 5.92 Å². The number of hydrogen-bond donors (Lipinski definition) is 2. The predicted octanol–water partition coefficient (Wildman–Crippen LogP) is 2.21. The average Bonchev–Trinajstić information content (AvgIpc) is 2.94. The Morgan fingerprint density at radius 1 is 1.32 bits per heavy atom. The zero-order chi connectivity index (χ0) is 13.7. The van der Waals surface area contributed by atoms with Crippen molar-refractivity contribution in [3.63, 3.8) is 0 Å². The lowest BCUT2D eigenvalue weighted by Crippen LogP contribution is -2.31. The standard InChI is InChI=1S/C14H21N5/c1-3-11(2)9-13(17-15)14-10-16-18-19(14)12-7-5-4-6-8-12/h4-8,10-11,13,17H,3,9,15H2,1-2H3. The third kappa shape index (κ3) is 3.19. The van der Waals surface area contributed by atoms with Crippen molar-refractivity contribution in [3.8, 4) is 5.69 Å². The third-order valence-electron chi connectivity index (χ3n) is 3.47. The van der Waals surface area contributed by atoms with Crippen molar-refractivity contribution in [2.45, 2.75) is 32.7 Å². The van der Waals surface area contributed by atoms with Gasteiger partial charge in [-0.3, -0.25) is 11.3 Å². The SMILES string of the molecule is CCC(C)CC(NN)c1cnnn1-c1ccccc1. The lowest BCUT2D eigenvalue weighted by atomic mass is 9.98. The summed E-state index contributed by atoms with van der Waals surface area (Å²) in [5.74, 6) is 6.29. The van der Waals surface area contributed by atoms with E-state index in [9.17, 15) is 0 Å². The van der Waals surface area contributed by atoms with Crippen LogP contribution in [0, 0.1) is 5.92 Å². The summed E-state index contributed by atoms with van der Waals surface area (Å²) in [6, 6.07) is 10.0. The van der Waals surface area contributed by atoms with Crippen LogP contribution in [0.4, 0.5) is 0 Å². The van der Waals surface area contributed by atoms with Gasteiger partial charge in [0, 0.05) is 0 Å². The molecule has 1 heterocycles. The minimum atomic E-state index is 0.0603. The zero-order valence-electron chi connectivity index (χ0n) is 11.5. The van der Waals surface area contributed by atoms with Gasteiger partial charge < -0.3 is 0 Å². The topological polar surface area (TPSA) is 68.8 Å². The minimum Gasteiger partial charge on any atom is -0.271 e. The van der Waals surface area contributed by atoms with Gasteiger partial charge >= 0.3 is 0 Å². The molecule has 1 aromatic heterocycles. The van der Waals surface area contributed by atoms with Crippen molar-refractivity contribution < 1.29 is 0 Å². The van der Waals surface area contributed by atoms with Crippen molar-refractivity contribution in [1.29, 1.82) is 0 Å². The molecule has 0 amide bonds. The Morgan fingerprint density at radius 3 is 2.68 bits per heavy atom. The molecule has 3 N–H and O–H groups in total. The number of nitrogens with zero attached hydrogens (tertiary/aromatic N) is 3. The number of nitrogens with two attached hydrogens (primary N) is 1. The van der Waals surface area contributed by atoms with Crippen LogP contribution in [0.3, 0.4) is 0 Å². The van der Waals surface area contributed by atoms with Crippen molar-refractivity contribution in [1.82, 2.24) is 20.4 Å². The van der Waals surface area contributed by atoms with Gasteiger partial charge in [-0.15, -0.1) is 5.10 Å². The lowest BCUT2D eigenvalue weighted by molar-refractivity contribution is 0.396. The summed E-state index contributed by atoms with van der Waals surface area (Å²) in [6.45, 7) is 4.41. The molecule has 0 saturated heterocycles. The van der Waals surface area contributed by atoms with E-state index in [1.807, 2.05) is 35.0 Å². The number of benzene rings is 1. The molecule has 0 aliphatic heterocycles. The molecule has 0 aliphatic rings. The number of nitrogens with one attached hydrogen (secondary N) is 1. The normalized spacial score (nSPS) is 14.3. The first kappa shape index (κ1) is 13.7. The van der Waals surface area contributed by atoms with Crippen LogP contribution in [0.25, 0.3) is 5.69 Å². The monoisotopic (exact) mass is 259 g/mol. The summed E-state index contributed by atoms with van der Waals surface area (Å²) in [4.78, 5) is 0. The lowest BCUT2D eigenvalue weighted by Gasteiger charge is -2.20. The number of para-hydroxylation sites is 1. The molecule has 0 aliphatic carbocycles. The Kier molecular flexibility index (Phi) is 4.65. The average molecular weight is 259 g/mol. The van der Waals surface area contributed by atoms with Crippen molar-refractivity contribution in [2.24, 2.45) is 11.8 Å². The second kappa shape index (κ2) is 6.45. The highest BCUT2D eigenvalue weighted by Gasteiger charge is 2.18. The van der Waals surface area contributed by atoms with Crippen molar-refractivity contribution in [2.75, 3.05) is 0 Å². The second-order valence-corrected chi connectivity index (χ2v) is 4.87. The van der Waals surface area contributed by atoms with E-state index in [4.69, 9.17) is 5.84 Å². The van der Waals surface area contributed by atoms with Crippen LogP contribution in [0.1, 0.15) is 38.4 Å². The van der Waals surface area contributed by atoms with E-state index < -0.39 is 0 Å². The van der Waals surface area contributed by atoms with Gasteiger partial charge in [-0.2, -0.15) is 0 Å². The van der Waals surface area contributed by atoms with Crippen LogP contribution in [0.2, 0.25) is 0 Å². The molecule has 102 valence electrons. The van der Waals surface area contributed by atoms with Crippen LogP contribution in [0.15, 0.2) is 36.5 Å². The number of hydrazine groups is 1. The van der Waals surface area contributed by atoms with Crippen molar-refractivity contribution >= 4 is 0 Å². The van der Waals surface area contributed by atoms with Crippen LogP contribution >= 0.6 is 0 Å². The van der Waals surface area contributed by atoms with Crippen LogP contribution in [-0.4, -0.2) is 15.0 Å². The first-order valence-corrected chi connectivity index (χ1v) is 6.68. The predicted molar refractivity (Wildman–Crippen MR) is 75.5 cm³/mol. The number of rotatable bonds is 6. The molecule has 0 radical (unpaired) electrons. The first-order chi connectivity index (χ1) is 9.26. The molecular formula is C14H21N5. The Balaban J connectivity index is 2.27. The van der Waals surface area contributed by atoms with Gasteiger partial charge in [-0.05, 0) is 24.5 Å². The molecule has 2 atom stereocenters. The fraction of sp³-hybridized carbons (Fsp3) is 0.429. The molecule has 2 unspecified atom stereocenters. The molecule has 19 heavy (non-hydrogen) atoms. The van der Waals surface area contributed by atoms with Crippen LogP contribution < -0.4 is 11.3 Å². The van der Waals surface area contributed by atoms with Gasteiger partial charge in [0.1, 0.15) is 0 Å².